The molecule has 0 amide bonds. The average Bonchev–Trinajstić information content (AvgIpc) is 4.05. The van der Waals surface area contributed by atoms with E-state index in [9.17, 15) is 0 Å². The first-order chi connectivity index (χ1) is 34.5. The summed E-state index contributed by atoms with van der Waals surface area (Å²) in [5.41, 5.74) is 16.2. The van der Waals surface area contributed by atoms with Crippen molar-refractivity contribution >= 4 is 122 Å². The second-order valence-corrected chi connectivity index (χ2v) is 22.4. The molecule has 2 aliphatic heterocycles. The van der Waals surface area contributed by atoms with Gasteiger partial charge < -0.3 is 23.5 Å². The quantitative estimate of drug-likeness (QED) is 0.161. The van der Waals surface area contributed by atoms with Crippen LogP contribution in [0.3, 0.4) is 0 Å². The van der Waals surface area contributed by atoms with Gasteiger partial charge in [0, 0.05) is 59.8 Å². The first-order valence-electron chi connectivity index (χ1n) is 24.7. The number of hydrogen-bond acceptors (Lipinski definition) is 5. The minimum absolute atomic E-state index is 0.0390. The lowest BCUT2D eigenvalue weighted by Crippen LogP contribution is -2.59. The number of furan rings is 1. The fourth-order valence-electron chi connectivity index (χ4n) is 11.5. The fraction of sp³-hybridized carbons (Fsp3) is 0.125. The van der Waals surface area contributed by atoms with Gasteiger partial charge in [-0.2, -0.15) is 0 Å². The molecular weight excluding hydrogens is 886 g/mol. The third-order valence-electron chi connectivity index (χ3n) is 14.9. The monoisotopic (exact) mass is 935 g/mol. The molecule has 0 saturated heterocycles. The summed E-state index contributed by atoms with van der Waals surface area (Å²) < 4.78 is 19.6. The Morgan fingerprint density at radius 2 is 1.10 bits per heavy atom. The highest BCUT2D eigenvalue weighted by molar-refractivity contribution is 7.33. The molecule has 0 N–H and O–H groups in total. The smallest absolute Gasteiger partial charge is 0.269 e. The van der Waals surface area contributed by atoms with E-state index >= 15 is 0 Å². The Morgan fingerprint density at radius 1 is 0.507 bits per heavy atom. The van der Waals surface area contributed by atoms with Crippen LogP contribution in [0.5, 0.6) is 11.5 Å². The van der Waals surface area contributed by atoms with E-state index in [4.69, 9.17) is 9.15 Å². The zero-order valence-corrected chi connectivity index (χ0v) is 41.4. The highest BCUT2D eigenvalue weighted by atomic mass is 32.1. The molecule has 14 rings (SSSR count). The van der Waals surface area contributed by atoms with E-state index < -0.39 is 0 Å². The molecule has 12 aromatic rings. The first-order valence-corrected chi connectivity index (χ1v) is 25.5. The topological polar surface area (TPSA) is 33.8 Å². The predicted molar refractivity (Wildman–Crippen MR) is 301 cm³/mol. The highest BCUT2D eigenvalue weighted by Gasteiger charge is 2.47. The van der Waals surface area contributed by atoms with Gasteiger partial charge in [0.05, 0.1) is 33.5 Å². The summed E-state index contributed by atoms with van der Waals surface area (Å²) >= 11 is 1.85. The van der Waals surface area contributed by atoms with Crippen molar-refractivity contribution in [2.45, 2.75) is 52.4 Å². The van der Waals surface area contributed by atoms with Crippen molar-refractivity contribution in [3.05, 3.63) is 205 Å². The van der Waals surface area contributed by atoms with Crippen molar-refractivity contribution in [2.24, 2.45) is 0 Å². The van der Waals surface area contributed by atoms with Gasteiger partial charge in [0.25, 0.3) is 6.71 Å². The number of rotatable bonds is 5. The van der Waals surface area contributed by atoms with Gasteiger partial charge in [0.15, 0.2) is 0 Å². The minimum Gasteiger partial charge on any atom is -0.457 e. The number of ether oxygens (including phenoxy) is 1. The van der Waals surface area contributed by atoms with E-state index in [0.717, 1.165) is 95.1 Å². The van der Waals surface area contributed by atoms with Crippen LogP contribution in [-0.2, 0) is 10.8 Å². The second kappa shape index (κ2) is 15.3. The van der Waals surface area contributed by atoms with Crippen molar-refractivity contribution < 1.29 is 9.15 Å². The zero-order valence-electron chi connectivity index (χ0n) is 40.6. The second-order valence-electron chi connectivity index (χ2n) is 21.3. The highest BCUT2D eigenvalue weighted by Crippen LogP contribution is 2.52. The molecule has 0 fully saturated rings. The Morgan fingerprint density at radius 3 is 1.75 bits per heavy atom. The van der Waals surface area contributed by atoms with Gasteiger partial charge in [-0.15, -0.1) is 11.3 Å². The average molecular weight is 936 g/mol. The summed E-state index contributed by atoms with van der Waals surface area (Å²) in [4.78, 5) is 4.92. The fourth-order valence-corrected chi connectivity index (χ4v) is 12.7. The van der Waals surface area contributed by atoms with E-state index in [0.29, 0.717) is 0 Å². The summed E-state index contributed by atoms with van der Waals surface area (Å²) in [5.74, 6) is 1.78. The van der Waals surface area contributed by atoms with E-state index in [2.05, 4.69) is 250 Å². The Kier molecular flexibility index (Phi) is 9.01. The third kappa shape index (κ3) is 6.32. The largest absolute Gasteiger partial charge is 0.457 e. The number of benzene rings is 9. The summed E-state index contributed by atoms with van der Waals surface area (Å²) in [6.07, 6.45) is 0. The van der Waals surface area contributed by atoms with Gasteiger partial charge >= 0.3 is 0 Å². The van der Waals surface area contributed by atoms with E-state index in [1.54, 1.807) is 0 Å². The number of nitrogens with zero attached hydrogens (tertiary/aromatic N) is 3. The van der Waals surface area contributed by atoms with Gasteiger partial charge in [0.1, 0.15) is 22.7 Å². The normalized spacial score (nSPS) is 13.3. The van der Waals surface area contributed by atoms with Crippen LogP contribution in [0.15, 0.2) is 199 Å². The van der Waals surface area contributed by atoms with Gasteiger partial charge in [-0.25, -0.2) is 0 Å². The first kappa shape index (κ1) is 41.9. The molecule has 0 unspecified atom stereocenters. The standard InChI is InChI=1S/C64H50BN3O2S/c1-63(2,3)39-29-32-43(33-30-39)67-52-36-44(66(41-19-9-7-10-20-41)42-21-11-8-12-22-42)37-55-58(52)65(62-61(70-55)48-35-40(64(4,5)6)31-34-56(48)71-62)49-38-54-57(47-25-15-18-28-53(47)69-54)60(59(49)67)68-50-26-16-13-23-45(50)46-24-14-17-27-51(46)68/h7-38H,1-6H3. The number of hydrogen-bond donors (Lipinski definition) is 0. The summed E-state index contributed by atoms with van der Waals surface area (Å²) in [5, 5.41) is 5.71. The summed E-state index contributed by atoms with van der Waals surface area (Å²) in [7, 11) is 0. The molecule has 3 aromatic heterocycles. The number of aromatic nitrogens is 1. The van der Waals surface area contributed by atoms with Crippen LogP contribution in [0.1, 0.15) is 52.7 Å². The van der Waals surface area contributed by atoms with Crippen molar-refractivity contribution in [2.75, 3.05) is 9.80 Å². The van der Waals surface area contributed by atoms with E-state index in [1.807, 2.05) is 11.3 Å². The molecule has 5 nitrogen and oxygen atoms in total. The lowest BCUT2D eigenvalue weighted by atomic mass is 9.36. The van der Waals surface area contributed by atoms with Gasteiger partial charge in [-0.1, -0.05) is 151 Å². The maximum Gasteiger partial charge on any atom is 0.269 e. The Labute approximate surface area is 417 Å². The van der Waals surface area contributed by atoms with Crippen molar-refractivity contribution in [3.8, 4) is 17.2 Å². The molecule has 0 radical (unpaired) electrons. The van der Waals surface area contributed by atoms with Crippen LogP contribution >= 0.6 is 11.3 Å². The van der Waals surface area contributed by atoms with Crippen LogP contribution in [0, 0.1) is 0 Å². The van der Waals surface area contributed by atoms with Crippen LogP contribution in [0.4, 0.5) is 34.1 Å². The molecular formula is C64H50BN3O2S. The van der Waals surface area contributed by atoms with Gasteiger partial charge in [0.2, 0.25) is 0 Å². The lowest BCUT2D eigenvalue weighted by molar-refractivity contribution is 0.494. The molecule has 0 atom stereocenters. The number of thiophene rings is 1. The molecule has 342 valence electrons. The van der Waals surface area contributed by atoms with Crippen LogP contribution in [0.2, 0.25) is 0 Å². The van der Waals surface area contributed by atoms with Crippen molar-refractivity contribution in [3.63, 3.8) is 0 Å². The number of para-hydroxylation sites is 5. The Balaban J connectivity index is 1.18. The van der Waals surface area contributed by atoms with Gasteiger partial charge in [-0.05, 0) is 112 Å². The molecule has 0 spiro atoms. The maximum absolute atomic E-state index is 7.55. The van der Waals surface area contributed by atoms with Crippen molar-refractivity contribution in [1.82, 2.24) is 4.57 Å². The third-order valence-corrected chi connectivity index (χ3v) is 16.1. The molecule has 0 aliphatic carbocycles. The van der Waals surface area contributed by atoms with Crippen LogP contribution in [0.25, 0.3) is 59.5 Å². The molecule has 7 heteroatoms. The van der Waals surface area contributed by atoms with Crippen LogP contribution < -0.4 is 30.2 Å². The van der Waals surface area contributed by atoms with Crippen molar-refractivity contribution in [1.29, 1.82) is 0 Å². The molecule has 71 heavy (non-hydrogen) atoms. The maximum atomic E-state index is 7.55. The van der Waals surface area contributed by atoms with Crippen LogP contribution in [-0.4, -0.2) is 11.3 Å². The minimum atomic E-state index is -0.195. The van der Waals surface area contributed by atoms with E-state index in [1.165, 1.54) is 36.8 Å². The number of anilines is 6. The lowest BCUT2D eigenvalue weighted by Gasteiger charge is -2.41. The molecule has 0 bridgehead atoms. The summed E-state index contributed by atoms with van der Waals surface area (Å²) in [6, 6.07) is 71.1. The zero-order chi connectivity index (χ0) is 47.9. The Hall–Kier alpha value is -8.00. The summed E-state index contributed by atoms with van der Waals surface area (Å²) in [6.45, 7) is 13.5. The molecule has 5 heterocycles. The molecule has 2 aliphatic rings. The molecule has 9 aromatic carbocycles. The van der Waals surface area contributed by atoms with E-state index in [-0.39, 0.29) is 17.5 Å². The molecule has 0 saturated carbocycles. The SMILES string of the molecule is CC(C)(C)c1ccc(N2c3cc(N(c4ccccc4)c4ccccc4)cc4c3B(c3cc5oc6ccccc6c5c(-n5c6ccccc6c6ccccc65)c32)c2sc3ccc(C(C)(C)C)cc3c2O4)cc1. The predicted octanol–water partition coefficient (Wildman–Crippen LogP) is 16.4. The van der Waals surface area contributed by atoms with Gasteiger partial charge in [-0.3, -0.25) is 0 Å². The number of fused-ring (bicyclic) bond motifs is 12. The Bertz CT molecular complexity index is 4030.